The zero-order valence-electron chi connectivity index (χ0n) is 9.74. The van der Waals surface area contributed by atoms with E-state index < -0.39 is 0 Å². The highest BCUT2D eigenvalue weighted by molar-refractivity contribution is 7.13. The van der Waals surface area contributed by atoms with Gasteiger partial charge in [0.25, 0.3) is 0 Å². The Hall–Kier alpha value is -2.08. The zero-order chi connectivity index (χ0) is 12.4. The number of hydrogen-bond acceptors (Lipinski definition) is 5. The van der Waals surface area contributed by atoms with Gasteiger partial charge in [-0.2, -0.15) is 4.80 Å². The molecule has 0 amide bonds. The summed E-state index contributed by atoms with van der Waals surface area (Å²) in [5.74, 6) is 0.606. The van der Waals surface area contributed by atoms with Crippen molar-refractivity contribution >= 4 is 11.3 Å². The third-order valence-corrected chi connectivity index (χ3v) is 3.27. The minimum absolute atomic E-state index is 0.606. The van der Waals surface area contributed by atoms with Gasteiger partial charge >= 0.3 is 0 Å². The van der Waals surface area contributed by atoms with Crippen molar-refractivity contribution in [3.05, 3.63) is 35.8 Å². The number of thiazole rings is 1. The summed E-state index contributed by atoms with van der Waals surface area (Å²) in [5, 5.41) is 12.3. The van der Waals surface area contributed by atoms with Crippen molar-refractivity contribution in [2.75, 3.05) is 0 Å². The molecule has 0 unspecified atom stereocenters. The van der Waals surface area contributed by atoms with E-state index >= 15 is 0 Å². The predicted octanol–water partition coefficient (Wildman–Crippen LogP) is 2.28. The van der Waals surface area contributed by atoms with Crippen molar-refractivity contribution in [3.63, 3.8) is 0 Å². The van der Waals surface area contributed by atoms with Gasteiger partial charge in [-0.25, -0.2) is 4.98 Å². The lowest BCUT2D eigenvalue weighted by atomic mass is 10.1. The Balaban J connectivity index is 2.07. The van der Waals surface area contributed by atoms with Crippen LogP contribution in [-0.2, 0) is 6.54 Å². The SMILES string of the molecule is CCn1nnc(-c2s[c]nc2-c2ccccc2)n1. The minimum Gasteiger partial charge on any atom is -0.233 e. The van der Waals surface area contributed by atoms with E-state index in [2.05, 4.69) is 25.9 Å². The van der Waals surface area contributed by atoms with Gasteiger partial charge in [0.1, 0.15) is 4.88 Å². The van der Waals surface area contributed by atoms with Gasteiger partial charge in [0.15, 0.2) is 5.51 Å². The fourth-order valence-corrected chi connectivity index (χ4v) is 2.29. The topological polar surface area (TPSA) is 56.5 Å². The zero-order valence-corrected chi connectivity index (χ0v) is 10.6. The maximum Gasteiger partial charge on any atom is 0.217 e. The molecule has 3 rings (SSSR count). The quantitative estimate of drug-likeness (QED) is 0.721. The fourth-order valence-electron chi connectivity index (χ4n) is 1.62. The Morgan fingerprint density at radius 2 is 2.11 bits per heavy atom. The van der Waals surface area contributed by atoms with Gasteiger partial charge in [0, 0.05) is 5.56 Å². The van der Waals surface area contributed by atoms with Crippen LogP contribution >= 0.6 is 11.3 Å². The van der Waals surface area contributed by atoms with Crippen LogP contribution in [0.15, 0.2) is 30.3 Å². The molecular formula is C12H10N5S. The van der Waals surface area contributed by atoms with Crippen LogP contribution in [0.5, 0.6) is 0 Å². The van der Waals surface area contributed by atoms with E-state index in [4.69, 9.17) is 0 Å². The van der Waals surface area contributed by atoms with Crippen LogP contribution in [0.2, 0.25) is 0 Å². The largest absolute Gasteiger partial charge is 0.233 e. The molecule has 0 spiro atoms. The first-order valence-electron chi connectivity index (χ1n) is 5.59. The molecule has 5 nitrogen and oxygen atoms in total. The molecule has 1 radical (unpaired) electrons. The molecule has 6 heteroatoms. The lowest BCUT2D eigenvalue weighted by Crippen LogP contribution is -1.98. The molecule has 18 heavy (non-hydrogen) atoms. The number of nitrogens with zero attached hydrogens (tertiary/aromatic N) is 5. The molecule has 0 fully saturated rings. The van der Waals surface area contributed by atoms with Crippen molar-refractivity contribution in [1.82, 2.24) is 25.2 Å². The van der Waals surface area contributed by atoms with Crippen LogP contribution in [-0.4, -0.2) is 25.2 Å². The first-order chi connectivity index (χ1) is 8.88. The Labute approximate surface area is 108 Å². The van der Waals surface area contributed by atoms with Crippen LogP contribution < -0.4 is 0 Å². The molecule has 0 atom stereocenters. The number of aromatic nitrogens is 5. The lowest BCUT2D eigenvalue weighted by Gasteiger charge is -1.98. The van der Waals surface area contributed by atoms with Crippen molar-refractivity contribution in [2.45, 2.75) is 13.5 Å². The Morgan fingerprint density at radius 1 is 1.28 bits per heavy atom. The smallest absolute Gasteiger partial charge is 0.217 e. The highest BCUT2D eigenvalue weighted by Gasteiger charge is 2.15. The molecule has 1 aromatic carbocycles. The average Bonchev–Trinajstić information content (AvgIpc) is 3.08. The van der Waals surface area contributed by atoms with Crippen molar-refractivity contribution in [2.24, 2.45) is 0 Å². The molecule has 0 saturated carbocycles. The first-order valence-corrected chi connectivity index (χ1v) is 6.40. The van der Waals surface area contributed by atoms with Crippen LogP contribution in [0.4, 0.5) is 0 Å². The summed E-state index contributed by atoms with van der Waals surface area (Å²) < 4.78 is 0. The Kier molecular flexibility index (Phi) is 2.85. The second-order valence-electron chi connectivity index (χ2n) is 3.65. The van der Waals surface area contributed by atoms with Gasteiger partial charge in [0.05, 0.1) is 12.2 Å². The second-order valence-corrected chi connectivity index (χ2v) is 4.45. The van der Waals surface area contributed by atoms with Gasteiger partial charge in [0.2, 0.25) is 5.82 Å². The molecule has 0 saturated heterocycles. The van der Waals surface area contributed by atoms with Gasteiger partial charge in [-0.3, -0.25) is 0 Å². The third kappa shape index (κ3) is 1.91. The summed E-state index contributed by atoms with van der Waals surface area (Å²) in [6.45, 7) is 2.68. The lowest BCUT2D eigenvalue weighted by molar-refractivity contribution is 0.553. The summed E-state index contributed by atoms with van der Waals surface area (Å²) in [6, 6.07) is 9.96. The van der Waals surface area contributed by atoms with E-state index in [0.717, 1.165) is 16.1 Å². The minimum atomic E-state index is 0.606. The molecule has 2 aromatic heterocycles. The van der Waals surface area contributed by atoms with Crippen LogP contribution in [0, 0.1) is 5.51 Å². The maximum atomic E-state index is 4.30. The van der Waals surface area contributed by atoms with E-state index in [1.165, 1.54) is 11.3 Å². The number of tetrazole rings is 1. The number of hydrogen-bond donors (Lipinski definition) is 0. The summed E-state index contributed by atoms with van der Waals surface area (Å²) >= 11 is 1.41. The summed E-state index contributed by atoms with van der Waals surface area (Å²) in [4.78, 5) is 6.74. The Morgan fingerprint density at radius 3 is 2.83 bits per heavy atom. The van der Waals surface area contributed by atoms with E-state index in [0.29, 0.717) is 12.4 Å². The number of aryl methyl sites for hydroxylation is 1. The number of rotatable bonds is 3. The molecular weight excluding hydrogens is 246 g/mol. The summed E-state index contributed by atoms with van der Waals surface area (Å²) in [7, 11) is 0. The van der Waals surface area contributed by atoms with E-state index in [1.807, 2.05) is 37.3 Å². The van der Waals surface area contributed by atoms with E-state index in [1.54, 1.807) is 4.80 Å². The molecule has 89 valence electrons. The highest BCUT2D eigenvalue weighted by Crippen LogP contribution is 2.31. The molecule has 2 heterocycles. The third-order valence-electron chi connectivity index (χ3n) is 2.51. The van der Waals surface area contributed by atoms with Crippen molar-refractivity contribution < 1.29 is 0 Å². The summed E-state index contributed by atoms with van der Waals surface area (Å²) in [5.41, 5.74) is 4.79. The van der Waals surface area contributed by atoms with Crippen LogP contribution in [0.1, 0.15) is 6.92 Å². The van der Waals surface area contributed by atoms with Gasteiger partial charge in [-0.15, -0.1) is 21.5 Å². The van der Waals surface area contributed by atoms with Crippen LogP contribution in [0.3, 0.4) is 0 Å². The molecule has 0 bridgehead atoms. The van der Waals surface area contributed by atoms with Gasteiger partial charge < -0.3 is 0 Å². The highest BCUT2D eigenvalue weighted by atomic mass is 32.1. The molecule has 0 aliphatic carbocycles. The van der Waals surface area contributed by atoms with Gasteiger partial charge in [-0.1, -0.05) is 30.3 Å². The number of benzene rings is 1. The summed E-state index contributed by atoms with van der Waals surface area (Å²) in [6.07, 6.45) is 0. The first kappa shape index (κ1) is 11.0. The standard InChI is InChI=1S/C12H10N5S/c1-2-17-15-12(14-16-17)11-10(13-8-18-11)9-6-4-3-5-7-9/h3-7H,2H2,1H3. The van der Waals surface area contributed by atoms with E-state index in [9.17, 15) is 0 Å². The average molecular weight is 256 g/mol. The maximum absolute atomic E-state index is 4.30. The van der Waals surface area contributed by atoms with Crippen molar-refractivity contribution in [3.8, 4) is 22.0 Å². The molecule has 0 aliphatic heterocycles. The molecule has 3 aromatic rings. The van der Waals surface area contributed by atoms with E-state index in [-0.39, 0.29) is 0 Å². The normalized spacial score (nSPS) is 10.7. The van der Waals surface area contributed by atoms with Crippen molar-refractivity contribution in [1.29, 1.82) is 0 Å². The molecule has 0 N–H and O–H groups in total. The monoisotopic (exact) mass is 256 g/mol. The molecule has 0 aliphatic rings. The van der Waals surface area contributed by atoms with Gasteiger partial charge in [-0.05, 0) is 12.1 Å². The Bertz CT molecular complexity index is 643. The predicted molar refractivity (Wildman–Crippen MR) is 68.9 cm³/mol. The van der Waals surface area contributed by atoms with Crippen LogP contribution in [0.25, 0.3) is 22.0 Å². The second kappa shape index (κ2) is 4.66. The fraction of sp³-hybridized carbons (Fsp3) is 0.167.